The molecule has 1 aliphatic heterocycles. The molecule has 1 saturated carbocycles. The van der Waals surface area contributed by atoms with Crippen molar-refractivity contribution in [1.82, 2.24) is 4.90 Å². The molecule has 0 radical (unpaired) electrons. The highest BCUT2D eigenvalue weighted by Crippen LogP contribution is 2.54. The SMILES string of the molecule is CCOC(=O)N1CC[C@@H]2C(C)(C)[C@@H](O)CC[C@]2(C)C1. The molecule has 0 aromatic heterocycles. The van der Waals surface area contributed by atoms with Crippen molar-refractivity contribution in [3.63, 3.8) is 0 Å². The number of likely N-dealkylation sites (tertiary alicyclic amines) is 1. The first kappa shape index (κ1) is 14.6. The smallest absolute Gasteiger partial charge is 0.409 e. The zero-order valence-electron chi connectivity index (χ0n) is 12.6. The normalized spacial score (nSPS) is 37.6. The summed E-state index contributed by atoms with van der Waals surface area (Å²) in [5.41, 5.74) is 0.0431. The molecule has 3 atom stereocenters. The van der Waals surface area contributed by atoms with Crippen LogP contribution in [0.5, 0.6) is 0 Å². The summed E-state index contributed by atoms with van der Waals surface area (Å²) in [4.78, 5) is 13.7. The van der Waals surface area contributed by atoms with Crippen molar-refractivity contribution in [3.8, 4) is 0 Å². The Hall–Kier alpha value is -0.770. The maximum absolute atomic E-state index is 11.9. The zero-order valence-corrected chi connectivity index (χ0v) is 12.6. The number of hydrogen-bond donors (Lipinski definition) is 1. The van der Waals surface area contributed by atoms with E-state index in [1.54, 1.807) is 0 Å². The van der Waals surface area contributed by atoms with Gasteiger partial charge in [-0.25, -0.2) is 4.79 Å². The molecule has 0 aromatic rings. The third-order valence-electron chi connectivity index (χ3n) is 5.35. The van der Waals surface area contributed by atoms with Crippen LogP contribution in [0.3, 0.4) is 0 Å². The van der Waals surface area contributed by atoms with Crippen LogP contribution >= 0.6 is 0 Å². The molecule has 2 aliphatic rings. The molecular weight excluding hydrogens is 242 g/mol. The van der Waals surface area contributed by atoms with Gasteiger partial charge in [0.1, 0.15) is 0 Å². The van der Waals surface area contributed by atoms with Gasteiger partial charge in [0.05, 0.1) is 12.7 Å². The van der Waals surface area contributed by atoms with Crippen molar-refractivity contribution < 1.29 is 14.6 Å². The summed E-state index contributed by atoms with van der Waals surface area (Å²) in [7, 11) is 0. The zero-order chi connectivity index (χ0) is 14.3. The van der Waals surface area contributed by atoms with Crippen LogP contribution in [0.15, 0.2) is 0 Å². The Bertz CT molecular complexity index is 355. The van der Waals surface area contributed by atoms with Gasteiger partial charge < -0.3 is 14.7 Å². The predicted octanol–water partition coefficient (Wildman–Crippen LogP) is 2.65. The van der Waals surface area contributed by atoms with Crippen LogP contribution < -0.4 is 0 Å². The second-order valence-corrected chi connectivity index (χ2v) is 6.99. The van der Waals surface area contributed by atoms with E-state index in [1.165, 1.54) is 0 Å². The third kappa shape index (κ3) is 2.47. The van der Waals surface area contributed by atoms with Gasteiger partial charge in [0.2, 0.25) is 0 Å². The van der Waals surface area contributed by atoms with Gasteiger partial charge in [-0.3, -0.25) is 0 Å². The Morgan fingerprint density at radius 2 is 2.05 bits per heavy atom. The van der Waals surface area contributed by atoms with Gasteiger partial charge in [-0.2, -0.15) is 0 Å². The van der Waals surface area contributed by atoms with Crippen molar-refractivity contribution in [1.29, 1.82) is 0 Å². The van der Waals surface area contributed by atoms with Gasteiger partial charge in [-0.05, 0) is 42.9 Å². The van der Waals surface area contributed by atoms with Crippen LogP contribution in [0.1, 0.15) is 47.0 Å². The Morgan fingerprint density at radius 3 is 2.68 bits per heavy atom. The summed E-state index contributed by atoms with van der Waals surface area (Å²) >= 11 is 0. The Balaban J connectivity index is 2.13. The van der Waals surface area contributed by atoms with E-state index in [9.17, 15) is 9.90 Å². The van der Waals surface area contributed by atoms with E-state index in [1.807, 2.05) is 11.8 Å². The van der Waals surface area contributed by atoms with Gasteiger partial charge in [-0.1, -0.05) is 20.8 Å². The summed E-state index contributed by atoms with van der Waals surface area (Å²) in [5.74, 6) is 0.467. The van der Waals surface area contributed by atoms with E-state index in [-0.39, 0.29) is 23.0 Å². The van der Waals surface area contributed by atoms with E-state index in [4.69, 9.17) is 4.74 Å². The molecule has 1 amide bonds. The molecule has 4 nitrogen and oxygen atoms in total. The van der Waals surface area contributed by atoms with Crippen LogP contribution in [-0.4, -0.2) is 41.9 Å². The summed E-state index contributed by atoms with van der Waals surface area (Å²) in [5, 5.41) is 10.2. The monoisotopic (exact) mass is 269 g/mol. The fourth-order valence-electron chi connectivity index (χ4n) is 4.22. The predicted molar refractivity (Wildman–Crippen MR) is 73.8 cm³/mol. The van der Waals surface area contributed by atoms with Gasteiger partial charge in [-0.15, -0.1) is 0 Å². The molecule has 1 heterocycles. The minimum absolute atomic E-state index is 0.0618. The number of aliphatic hydroxyl groups is 1. The van der Waals surface area contributed by atoms with Crippen molar-refractivity contribution >= 4 is 6.09 Å². The average Bonchev–Trinajstić information content (AvgIpc) is 2.34. The second kappa shape index (κ2) is 4.97. The first-order valence-corrected chi connectivity index (χ1v) is 7.41. The quantitative estimate of drug-likeness (QED) is 0.796. The molecule has 0 bridgehead atoms. The first-order chi connectivity index (χ1) is 8.81. The Morgan fingerprint density at radius 1 is 1.37 bits per heavy atom. The topological polar surface area (TPSA) is 49.8 Å². The fraction of sp³-hybridized carbons (Fsp3) is 0.933. The van der Waals surface area contributed by atoms with E-state index in [0.29, 0.717) is 12.5 Å². The molecule has 1 saturated heterocycles. The van der Waals surface area contributed by atoms with Crippen LogP contribution in [-0.2, 0) is 4.74 Å². The van der Waals surface area contributed by atoms with E-state index in [2.05, 4.69) is 20.8 Å². The van der Waals surface area contributed by atoms with Gasteiger partial charge in [0.15, 0.2) is 0 Å². The van der Waals surface area contributed by atoms with Crippen molar-refractivity contribution in [2.24, 2.45) is 16.7 Å². The number of rotatable bonds is 1. The van der Waals surface area contributed by atoms with Crippen molar-refractivity contribution in [2.45, 2.75) is 53.1 Å². The first-order valence-electron chi connectivity index (χ1n) is 7.41. The molecule has 0 unspecified atom stereocenters. The maximum atomic E-state index is 11.9. The van der Waals surface area contributed by atoms with Crippen LogP contribution in [0.2, 0.25) is 0 Å². The Labute approximate surface area is 116 Å². The lowest BCUT2D eigenvalue weighted by Crippen LogP contribution is -2.58. The molecule has 110 valence electrons. The number of carbonyl (C=O) groups is 1. The van der Waals surface area contributed by atoms with Crippen molar-refractivity contribution in [2.75, 3.05) is 19.7 Å². The van der Waals surface area contributed by atoms with Crippen LogP contribution in [0.25, 0.3) is 0 Å². The van der Waals surface area contributed by atoms with E-state index < -0.39 is 0 Å². The number of carbonyl (C=O) groups excluding carboxylic acids is 1. The number of aliphatic hydroxyl groups excluding tert-OH is 1. The molecule has 1 aliphatic carbocycles. The van der Waals surface area contributed by atoms with E-state index in [0.717, 1.165) is 32.4 Å². The molecule has 1 N–H and O–H groups in total. The molecule has 4 heteroatoms. The highest BCUT2D eigenvalue weighted by atomic mass is 16.6. The maximum Gasteiger partial charge on any atom is 0.409 e. The minimum atomic E-state index is -0.222. The van der Waals surface area contributed by atoms with Gasteiger partial charge in [0, 0.05) is 13.1 Å². The number of ether oxygens (including phenoxy) is 1. The second-order valence-electron chi connectivity index (χ2n) is 6.99. The van der Waals surface area contributed by atoms with Gasteiger partial charge >= 0.3 is 6.09 Å². The van der Waals surface area contributed by atoms with Gasteiger partial charge in [0.25, 0.3) is 0 Å². The minimum Gasteiger partial charge on any atom is -0.450 e. The molecule has 0 spiro atoms. The highest BCUT2D eigenvalue weighted by Gasteiger charge is 2.53. The fourth-order valence-corrected chi connectivity index (χ4v) is 4.22. The summed E-state index contributed by atoms with van der Waals surface area (Å²) < 4.78 is 5.12. The lowest BCUT2D eigenvalue weighted by molar-refractivity contribution is -0.123. The van der Waals surface area contributed by atoms with E-state index >= 15 is 0 Å². The third-order valence-corrected chi connectivity index (χ3v) is 5.35. The molecule has 0 aromatic carbocycles. The number of amides is 1. The molecule has 2 rings (SSSR count). The lowest BCUT2D eigenvalue weighted by atomic mass is 9.53. The number of fused-ring (bicyclic) bond motifs is 1. The highest BCUT2D eigenvalue weighted by molar-refractivity contribution is 5.67. The summed E-state index contributed by atoms with van der Waals surface area (Å²) in [6.07, 6.45) is 2.36. The average molecular weight is 269 g/mol. The largest absolute Gasteiger partial charge is 0.450 e. The molecule has 2 fully saturated rings. The number of piperidine rings is 1. The lowest BCUT2D eigenvalue weighted by Gasteiger charge is -2.57. The van der Waals surface area contributed by atoms with Crippen molar-refractivity contribution in [3.05, 3.63) is 0 Å². The summed E-state index contributed by atoms with van der Waals surface area (Å²) in [6, 6.07) is 0. The molecular formula is C15H27NO3. The molecule has 19 heavy (non-hydrogen) atoms. The van der Waals surface area contributed by atoms with Crippen LogP contribution in [0, 0.1) is 16.7 Å². The van der Waals surface area contributed by atoms with Crippen LogP contribution in [0.4, 0.5) is 4.79 Å². The number of nitrogens with zero attached hydrogens (tertiary/aromatic N) is 1. The standard InChI is InChI=1S/C15H27NO3/c1-5-19-13(18)16-9-7-11-14(2,3)12(17)6-8-15(11,4)10-16/h11-12,17H,5-10H2,1-4H3/t11-,12+,15-/m1/s1. The summed E-state index contributed by atoms with van der Waals surface area (Å²) in [6.45, 7) is 10.4. The Kier molecular flexibility index (Phi) is 3.83. The number of hydrogen-bond acceptors (Lipinski definition) is 3.